The Balaban J connectivity index is 1.79. The van der Waals surface area contributed by atoms with Crippen molar-refractivity contribution in [3.05, 3.63) is 61.3 Å². The molecule has 3 rings (SSSR count). The number of rotatable bonds is 3. The van der Waals surface area contributed by atoms with Crippen LogP contribution in [0, 0.1) is 0 Å². The van der Waals surface area contributed by atoms with Gasteiger partial charge in [-0.1, -0.05) is 30.3 Å². The maximum Gasteiger partial charge on any atom is 0.193 e. The number of hydrogen-bond donors (Lipinski definition) is 0. The molecule has 1 aromatic carbocycles. The number of benzene rings is 1. The Morgan fingerprint density at radius 3 is 2.15 bits per heavy atom. The molecule has 0 amide bonds. The molecule has 96 valence electrons. The lowest BCUT2D eigenvalue weighted by atomic mass is 10.2. The van der Waals surface area contributed by atoms with E-state index < -0.39 is 0 Å². The van der Waals surface area contributed by atoms with E-state index in [4.69, 9.17) is 0 Å². The van der Waals surface area contributed by atoms with Crippen LogP contribution in [-0.4, -0.2) is 19.9 Å². The minimum Gasteiger partial charge on any atom is -0.259 e. The van der Waals surface area contributed by atoms with Gasteiger partial charge in [0, 0.05) is 18.0 Å². The van der Waals surface area contributed by atoms with Crippen molar-refractivity contribution < 1.29 is 0 Å². The van der Waals surface area contributed by atoms with Crippen LogP contribution >= 0.6 is 0 Å². The highest BCUT2D eigenvalue weighted by molar-refractivity contribution is 5.58. The lowest BCUT2D eigenvalue weighted by Crippen LogP contribution is -1.84. The highest BCUT2D eigenvalue weighted by Gasteiger charge is 1.99. The summed E-state index contributed by atoms with van der Waals surface area (Å²) in [7, 11) is 0. The molecular formula is C14H10N6. The summed E-state index contributed by atoms with van der Waals surface area (Å²) in [5.74, 6) is 0.858. The van der Waals surface area contributed by atoms with Gasteiger partial charge in [0.15, 0.2) is 11.6 Å². The maximum atomic E-state index is 4.31. The number of azo groups is 1. The van der Waals surface area contributed by atoms with E-state index in [1.807, 2.05) is 30.3 Å². The van der Waals surface area contributed by atoms with Crippen molar-refractivity contribution in [3.63, 3.8) is 0 Å². The van der Waals surface area contributed by atoms with Gasteiger partial charge in [-0.05, 0) is 0 Å². The Morgan fingerprint density at radius 1 is 0.700 bits per heavy atom. The first kappa shape index (κ1) is 12.0. The summed E-state index contributed by atoms with van der Waals surface area (Å²) in [5.41, 5.74) is 1.81. The maximum absolute atomic E-state index is 4.31. The number of hydrogen-bond acceptors (Lipinski definition) is 6. The summed E-state index contributed by atoms with van der Waals surface area (Å²) in [6.45, 7) is 0. The van der Waals surface area contributed by atoms with E-state index in [1.165, 1.54) is 6.20 Å². The van der Waals surface area contributed by atoms with E-state index >= 15 is 0 Å². The van der Waals surface area contributed by atoms with Gasteiger partial charge in [0.2, 0.25) is 0 Å². The number of nitrogens with zero attached hydrogens (tertiary/aromatic N) is 6. The van der Waals surface area contributed by atoms with E-state index in [1.54, 1.807) is 24.8 Å². The van der Waals surface area contributed by atoms with Crippen molar-refractivity contribution in [2.24, 2.45) is 10.2 Å². The molecule has 0 aliphatic heterocycles. The Morgan fingerprint density at radius 2 is 1.50 bits per heavy atom. The quantitative estimate of drug-likeness (QED) is 0.678. The summed E-state index contributed by atoms with van der Waals surface area (Å²) < 4.78 is 0. The van der Waals surface area contributed by atoms with Crippen molar-refractivity contribution in [1.29, 1.82) is 0 Å². The molecule has 6 nitrogen and oxygen atoms in total. The van der Waals surface area contributed by atoms with Crippen molar-refractivity contribution in [3.8, 4) is 11.3 Å². The topological polar surface area (TPSA) is 76.3 Å². The fraction of sp³-hybridized carbons (Fsp3) is 0. The molecule has 0 fully saturated rings. The van der Waals surface area contributed by atoms with Crippen molar-refractivity contribution in [2.45, 2.75) is 0 Å². The Labute approximate surface area is 115 Å². The molecule has 2 aromatic heterocycles. The predicted molar refractivity (Wildman–Crippen MR) is 73.7 cm³/mol. The van der Waals surface area contributed by atoms with E-state index in [-0.39, 0.29) is 0 Å². The first-order valence-electron chi connectivity index (χ1n) is 5.97. The van der Waals surface area contributed by atoms with Gasteiger partial charge in [-0.2, -0.15) is 0 Å². The fourth-order valence-corrected chi connectivity index (χ4v) is 1.58. The van der Waals surface area contributed by atoms with Crippen molar-refractivity contribution >= 4 is 11.6 Å². The lowest BCUT2D eigenvalue weighted by Gasteiger charge is -1.99. The standard InChI is InChI=1S/C14H10N6/c1-2-4-11(5-3-1)12-8-18-14(10-17-12)20-19-13-9-15-6-7-16-13/h1-10H. The van der Waals surface area contributed by atoms with Crippen LogP contribution in [0.4, 0.5) is 11.6 Å². The average molecular weight is 262 g/mol. The van der Waals surface area contributed by atoms with Crippen molar-refractivity contribution in [1.82, 2.24) is 19.9 Å². The van der Waals surface area contributed by atoms with Crippen LogP contribution in [0.1, 0.15) is 0 Å². The van der Waals surface area contributed by atoms with Gasteiger partial charge in [0.1, 0.15) is 0 Å². The summed E-state index contributed by atoms with van der Waals surface area (Å²) in [5, 5.41) is 7.89. The van der Waals surface area contributed by atoms with Crippen LogP contribution in [0.5, 0.6) is 0 Å². The third-order valence-electron chi connectivity index (χ3n) is 2.51. The largest absolute Gasteiger partial charge is 0.259 e. The second-order valence-corrected chi connectivity index (χ2v) is 3.89. The fourth-order valence-electron chi connectivity index (χ4n) is 1.58. The molecule has 0 bridgehead atoms. The van der Waals surface area contributed by atoms with Gasteiger partial charge >= 0.3 is 0 Å². The van der Waals surface area contributed by atoms with Crippen LogP contribution < -0.4 is 0 Å². The smallest absolute Gasteiger partial charge is 0.193 e. The molecule has 6 heteroatoms. The zero-order valence-electron chi connectivity index (χ0n) is 10.5. The molecule has 0 spiro atoms. The molecule has 0 N–H and O–H groups in total. The third-order valence-corrected chi connectivity index (χ3v) is 2.51. The van der Waals surface area contributed by atoms with Crippen LogP contribution in [0.15, 0.2) is 71.5 Å². The molecule has 0 saturated heterocycles. The zero-order chi connectivity index (χ0) is 13.6. The van der Waals surface area contributed by atoms with Gasteiger partial charge in [0.05, 0.1) is 24.3 Å². The molecule has 0 atom stereocenters. The zero-order valence-corrected chi connectivity index (χ0v) is 10.5. The molecule has 0 saturated carbocycles. The van der Waals surface area contributed by atoms with Crippen LogP contribution in [0.2, 0.25) is 0 Å². The van der Waals surface area contributed by atoms with Gasteiger partial charge in [-0.25, -0.2) is 9.97 Å². The SMILES string of the molecule is c1ccc(-c2cnc(N=Nc3cnccn3)cn2)cc1. The predicted octanol–water partition coefficient (Wildman–Crippen LogP) is 3.35. The Bertz CT molecular complexity index is 695. The Kier molecular flexibility index (Phi) is 3.46. The normalized spacial score (nSPS) is 10.8. The molecular weight excluding hydrogens is 252 g/mol. The molecule has 3 aromatic rings. The molecule has 0 aliphatic carbocycles. The second-order valence-electron chi connectivity index (χ2n) is 3.89. The second kappa shape index (κ2) is 5.75. The van der Waals surface area contributed by atoms with E-state index in [9.17, 15) is 0 Å². The Hall–Kier alpha value is -3.02. The molecule has 0 radical (unpaired) electrons. The van der Waals surface area contributed by atoms with E-state index in [0.29, 0.717) is 11.6 Å². The third kappa shape index (κ3) is 2.86. The lowest BCUT2D eigenvalue weighted by molar-refractivity contribution is 1.07. The number of aromatic nitrogens is 4. The first-order chi connectivity index (χ1) is 9.92. The van der Waals surface area contributed by atoms with Crippen molar-refractivity contribution in [2.75, 3.05) is 0 Å². The van der Waals surface area contributed by atoms with Gasteiger partial charge in [-0.3, -0.25) is 9.97 Å². The van der Waals surface area contributed by atoms with Crippen LogP contribution in [-0.2, 0) is 0 Å². The average Bonchev–Trinajstić information content (AvgIpc) is 2.55. The van der Waals surface area contributed by atoms with Gasteiger partial charge < -0.3 is 0 Å². The summed E-state index contributed by atoms with van der Waals surface area (Å²) in [4.78, 5) is 16.4. The monoisotopic (exact) mass is 262 g/mol. The van der Waals surface area contributed by atoms with E-state index in [2.05, 4.69) is 30.2 Å². The highest BCUT2D eigenvalue weighted by Crippen LogP contribution is 2.17. The minimum absolute atomic E-state index is 0.426. The first-order valence-corrected chi connectivity index (χ1v) is 5.97. The van der Waals surface area contributed by atoms with Crippen LogP contribution in [0.25, 0.3) is 11.3 Å². The molecule has 20 heavy (non-hydrogen) atoms. The van der Waals surface area contributed by atoms with Gasteiger partial charge in [0.25, 0.3) is 0 Å². The summed E-state index contributed by atoms with van der Waals surface area (Å²) >= 11 is 0. The molecule has 2 heterocycles. The molecule has 0 unspecified atom stereocenters. The molecule has 0 aliphatic rings. The van der Waals surface area contributed by atoms with Gasteiger partial charge in [-0.15, -0.1) is 10.2 Å². The summed E-state index contributed by atoms with van der Waals surface area (Å²) in [6.07, 6.45) is 7.89. The summed E-state index contributed by atoms with van der Waals surface area (Å²) in [6, 6.07) is 9.83. The van der Waals surface area contributed by atoms with E-state index in [0.717, 1.165) is 11.3 Å². The minimum atomic E-state index is 0.426. The highest BCUT2D eigenvalue weighted by atomic mass is 15.2. The van der Waals surface area contributed by atoms with Crippen LogP contribution in [0.3, 0.4) is 0 Å².